The fourth-order valence-electron chi connectivity index (χ4n) is 6.19. The van der Waals surface area contributed by atoms with E-state index in [0.717, 1.165) is 34.9 Å². The SMILES string of the molecule is CN(C)CCOc1cc(F)cc(-c2ccnc3nc(-c4[nH]nc5ncc(-c6cncc(NC(=O)CC7CCCCC7)c6)cc45)[nH]c23)c1. The summed E-state index contributed by atoms with van der Waals surface area (Å²) in [6, 6.07) is 10.4. The van der Waals surface area contributed by atoms with Crippen molar-refractivity contribution in [2.45, 2.75) is 38.5 Å². The van der Waals surface area contributed by atoms with Crippen molar-refractivity contribution in [2.24, 2.45) is 5.92 Å². The van der Waals surface area contributed by atoms with E-state index in [4.69, 9.17) is 9.72 Å². The molecule has 240 valence electrons. The number of hydrogen-bond acceptors (Lipinski definition) is 8. The normalized spacial score (nSPS) is 13.9. The summed E-state index contributed by atoms with van der Waals surface area (Å²) in [5.41, 5.74) is 5.94. The van der Waals surface area contributed by atoms with Crippen molar-refractivity contribution in [3.8, 4) is 39.5 Å². The summed E-state index contributed by atoms with van der Waals surface area (Å²) in [5.74, 6) is 1.04. The summed E-state index contributed by atoms with van der Waals surface area (Å²) in [6.07, 6.45) is 13.2. The zero-order valence-electron chi connectivity index (χ0n) is 26.4. The summed E-state index contributed by atoms with van der Waals surface area (Å²) in [7, 11) is 3.91. The van der Waals surface area contributed by atoms with Gasteiger partial charge in [0.25, 0.3) is 0 Å². The third-order valence-corrected chi connectivity index (χ3v) is 8.58. The Balaban J connectivity index is 1.16. The molecule has 1 amide bonds. The number of carbonyl (C=O) groups excluding carboxylic acids is 1. The van der Waals surface area contributed by atoms with Gasteiger partial charge in [-0.1, -0.05) is 19.3 Å². The summed E-state index contributed by atoms with van der Waals surface area (Å²) in [5, 5.41) is 11.2. The molecule has 0 spiro atoms. The number of carbonyl (C=O) groups is 1. The number of imidazole rings is 1. The second kappa shape index (κ2) is 13.2. The van der Waals surface area contributed by atoms with E-state index in [2.05, 4.69) is 35.5 Å². The van der Waals surface area contributed by atoms with Gasteiger partial charge in [0.1, 0.15) is 23.9 Å². The number of ether oxygens (including phenoxy) is 1. The van der Waals surface area contributed by atoms with Gasteiger partial charge in [-0.3, -0.25) is 14.9 Å². The quantitative estimate of drug-likeness (QED) is 0.153. The van der Waals surface area contributed by atoms with Gasteiger partial charge in [-0.25, -0.2) is 19.3 Å². The van der Waals surface area contributed by atoms with Crippen LogP contribution in [0.2, 0.25) is 0 Å². The first kappa shape index (κ1) is 30.4. The minimum Gasteiger partial charge on any atom is -0.492 e. The number of amides is 1. The maximum atomic E-state index is 14.7. The number of likely N-dealkylation sites (N-methyl/N-ethyl adjacent to an activating group) is 1. The van der Waals surface area contributed by atoms with Gasteiger partial charge in [0, 0.05) is 54.3 Å². The van der Waals surface area contributed by atoms with Crippen molar-refractivity contribution in [1.29, 1.82) is 0 Å². The minimum atomic E-state index is -0.396. The zero-order chi connectivity index (χ0) is 32.3. The Morgan fingerprint density at radius 3 is 2.70 bits per heavy atom. The van der Waals surface area contributed by atoms with Crippen LogP contribution in [0.5, 0.6) is 5.75 Å². The number of nitrogens with zero attached hydrogens (tertiary/aromatic N) is 6. The van der Waals surface area contributed by atoms with E-state index in [1.165, 1.54) is 31.4 Å². The van der Waals surface area contributed by atoms with Crippen molar-refractivity contribution in [3.05, 3.63) is 67.0 Å². The lowest BCUT2D eigenvalue weighted by molar-refractivity contribution is -0.117. The first-order chi connectivity index (χ1) is 22.9. The molecule has 0 bridgehead atoms. The van der Waals surface area contributed by atoms with Gasteiger partial charge in [0.15, 0.2) is 17.1 Å². The smallest absolute Gasteiger partial charge is 0.224 e. The molecule has 0 atom stereocenters. The molecule has 11 nitrogen and oxygen atoms in total. The van der Waals surface area contributed by atoms with Crippen LogP contribution >= 0.6 is 0 Å². The Morgan fingerprint density at radius 1 is 1.00 bits per heavy atom. The maximum Gasteiger partial charge on any atom is 0.224 e. The van der Waals surface area contributed by atoms with E-state index >= 15 is 0 Å². The Hall–Kier alpha value is -5.23. The van der Waals surface area contributed by atoms with Crippen molar-refractivity contribution >= 4 is 33.8 Å². The molecule has 6 aromatic rings. The van der Waals surface area contributed by atoms with E-state index < -0.39 is 5.82 Å². The predicted molar refractivity (Wildman–Crippen MR) is 179 cm³/mol. The summed E-state index contributed by atoms with van der Waals surface area (Å²) < 4.78 is 20.5. The highest BCUT2D eigenvalue weighted by atomic mass is 19.1. The number of fused-ring (bicyclic) bond motifs is 2. The lowest BCUT2D eigenvalue weighted by atomic mass is 9.87. The van der Waals surface area contributed by atoms with Gasteiger partial charge in [-0.2, -0.15) is 5.10 Å². The number of nitrogens with one attached hydrogen (secondary N) is 3. The standard InChI is InChI=1S/C35H36FN9O2/c1-45(2)10-11-47-27-15-22(13-25(36)17-27)28-8-9-38-34-31(28)41-35(42-34)32-29-16-24(19-39-33(29)44-43-32)23-14-26(20-37-18-23)40-30(46)12-21-6-4-3-5-7-21/h8-9,13-21H,3-7,10-12H2,1-2H3,(H,40,46)(H,38,41,42)(H,39,43,44). The van der Waals surface area contributed by atoms with Gasteiger partial charge in [-0.05, 0) is 68.8 Å². The van der Waals surface area contributed by atoms with E-state index in [9.17, 15) is 9.18 Å². The molecule has 7 rings (SSSR count). The Kier molecular flexibility index (Phi) is 8.58. The highest BCUT2D eigenvalue weighted by molar-refractivity contribution is 5.96. The van der Waals surface area contributed by atoms with Crippen molar-refractivity contribution < 1.29 is 13.9 Å². The van der Waals surface area contributed by atoms with Crippen molar-refractivity contribution in [2.75, 3.05) is 32.6 Å². The molecule has 1 aliphatic rings. The number of rotatable bonds is 10. The Bertz CT molecular complexity index is 2050. The van der Waals surface area contributed by atoms with Crippen molar-refractivity contribution in [3.63, 3.8) is 0 Å². The van der Waals surface area contributed by atoms with Crippen LogP contribution in [0, 0.1) is 11.7 Å². The van der Waals surface area contributed by atoms with Crippen LogP contribution in [-0.2, 0) is 4.79 Å². The average Bonchev–Trinajstić information content (AvgIpc) is 3.69. The Morgan fingerprint density at radius 2 is 1.85 bits per heavy atom. The van der Waals surface area contributed by atoms with Crippen LogP contribution in [0.25, 0.3) is 56.0 Å². The van der Waals surface area contributed by atoms with Gasteiger partial charge >= 0.3 is 0 Å². The number of H-pyrrole nitrogens is 2. The first-order valence-corrected chi connectivity index (χ1v) is 15.9. The van der Waals surface area contributed by atoms with Gasteiger partial charge in [0.05, 0.1) is 22.8 Å². The zero-order valence-corrected chi connectivity index (χ0v) is 26.4. The second-order valence-electron chi connectivity index (χ2n) is 12.4. The molecule has 0 saturated heterocycles. The van der Waals surface area contributed by atoms with Crippen LogP contribution in [-0.4, -0.2) is 73.2 Å². The fraction of sp³-hybridized carbons (Fsp3) is 0.314. The largest absolute Gasteiger partial charge is 0.492 e. The summed E-state index contributed by atoms with van der Waals surface area (Å²) >= 11 is 0. The van der Waals surface area contributed by atoms with E-state index in [1.54, 1.807) is 24.8 Å². The molecule has 0 unspecified atom stereocenters. The molecule has 1 saturated carbocycles. The third-order valence-electron chi connectivity index (χ3n) is 8.58. The van der Waals surface area contributed by atoms with Crippen LogP contribution < -0.4 is 10.1 Å². The molecule has 12 heteroatoms. The maximum absolute atomic E-state index is 14.7. The molecule has 5 aromatic heterocycles. The molecule has 0 aliphatic heterocycles. The molecule has 0 radical (unpaired) electrons. The number of aromatic amines is 2. The number of halogens is 1. The molecule has 1 fully saturated rings. The van der Waals surface area contributed by atoms with E-state index in [1.807, 2.05) is 43.3 Å². The monoisotopic (exact) mass is 633 g/mol. The molecule has 3 N–H and O–H groups in total. The van der Waals surface area contributed by atoms with Crippen LogP contribution in [0.1, 0.15) is 38.5 Å². The third kappa shape index (κ3) is 6.82. The predicted octanol–water partition coefficient (Wildman–Crippen LogP) is 6.61. The fourth-order valence-corrected chi connectivity index (χ4v) is 6.19. The van der Waals surface area contributed by atoms with E-state index in [-0.39, 0.29) is 5.91 Å². The molecule has 5 heterocycles. The van der Waals surface area contributed by atoms with Gasteiger partial charge < -0.3 is 19.9 Å². The summed E-state index contributed by atoms with van der Waals surface area (Å²) in [4.78, 5) is 36.3. The molecular formula is C35H36FN9O2. The molecular weight excluding hydrogens is 597 g/mol. The second-order valence-corrected chi connectivity index (χ2v) is 12.4. The number of anilines is 1. The number of aromatic nitrogens is 7. The average molecular weight is 634 g/mol. The highest BCUT2D eigenvalue weighted by Crippen LogP contribution is 2.34. The Labute approximate surface area is 271 Å². The molecule has 1 aliphatic carbocycles. The number of hydrogen-bond donors (Lipinski definition) is 3. The molecule has 1 aromatic carbocycles. The highest BCUT2D eigenvalue weighted by Gasteiger charge is 2.19. The van der Waals surface area contributed by atoms with Gasteiger partial charge in [0.2, 0.25) is 5.91 Å². The molecule has 47 heavy (non-hydrogen) atoms. The van der Waals surface area contributed by atoms with E-state index in [0.29, 0.717) is 70.8 Å². The van der Waals surface area contributed by atoms with Crippen LogP contribution in [0.4, 0.5) is 10.1 Å². The topological polar surface area (TPSA) is 138 Å². The lowest BCUT2D eigenvalue weighted by Crippen LogP contribution is -2.19. The van der Waals surface area contributed by atoms with Gasteiger partial charge in [-0.15, -0.1) is 0 Å². The van der Waals surface area contributed by atoms with Crippen molar-refractivity contribution in [1.82, 2.24) is 40.0 Å². The minimum absolute atomic E-state index is 0.0192. The van der Waals surface area contributed by atoms with Crippen LogP contribution in [0.3, 0.4) is 0 Å². The first-order valence-electron chi connectivity index (χ1n) is 15.9. The summed E-state index contributed by atoms with van der Waals surface area (Å²) in [6.45, 7) is 1.15. The van der Waals surface area contributed by atoms with Crippen LogP contribution in [0.15, 0.2) is 61.2 Å². The lowest BCUT2D eigenvalue weighted by Gasteiger charge is -2.20. The number of pyridine rings is 3. The number of benzene rings is 1.